The predicted octanol–water partition coefficient (Wildman–Crippen LogP) is 1.72. The van der Waals surface area contributed by atoms with E-state index >= 15 is 0 Å². The molecule has 0 aliphatic heterocycles. The van der Waals surface area contributed by atoms with Crippen molar-refractivity contribution in [3.63, 3.8) is 0 Å². The van der Waals surface area contributed by atoms with Gasteiger partial charge in [0.1, 0.15) is 6.54 Å². The normalized spacial score (nSPS) is 12.6. The Labute approximate surface area is 127 Å². The van der Waals surface area contributed by atoms with Gasteiger partial charge in [-0.15, -0.1) is 5.10 Å². The summed E-state index contributed by atoms with van der Waals surface area (Å²) in [6.45, 7) is 10.4. The summed E-state index contributed by atoms with van der Waals surface area (Å²) in [5.74, 6) is 0.655. The summed E-state index contributed by atoms with van der Waals surface area (Å²) in [7, 11) is 0. The lowest BCUT2D eigenvalue weighted by Gasteiger charge is -2.14. The number of hydrogen-bond acceptors (Lipinski definition) is 4. The Morgan fingerprint density at radius 2 is 2.10 bits per heavy atom. The molecule has 6 heteroatoms. The molecule has 0 aliphatic carbocycles. The maximum absolute atomic E-state index is 11.9. The molecule has 1 atom stereocenters. The number of hydrogen-bond donors (Lipinski definition) is 2. The minimum atomic E-state index is -0.00998. The van der Waals surface area contributed by atoms with Crippen LogP contribution in [0.25, 0.3) is 0 Å². The number of rotatable bonds is 10. The molecule has 1 amide bonds. The lowest BCUT2D eigenvalue weighted by molar-refractivity contribution is -0.122. The molecule has 0 bridgehead atoms. The number of aromatic nitrogens is 3. The van der Waals surface area contributed by atoms with Crippen molar-refractivity contribution < 1.29 is 4.79 Å². The Kier molecular flexibility index (Phi) is 7.97. The van der Waals surface area contributed by atoms with Crippen LogP contribution in [-0.2, 0) is 17.9 Å². The van der Waals surface area contributed by atoms with Gasteiger partial charge in [0.15, 0.2) is 0 Å². The summed E-state index contributed by atoms with van der Waals surface area (Å²) in [6.07, 6.45) is 5.04. The fraction of sp³-hybridized carbons (Fsp3) is 0.800. The van der Waals surface area contributed by atoms with Crippen molar-refractivity contribution in [3.05, 3.63) is 11.9 Å². The first-order valence-electron chi connectivity index (χ1n) is 7.90. The third-order valence-corrected chi connectivity index (χ3v) is 3.21. The zero-order valence-electron chi connectivity index (χ0n) is 13.7. The number of carbonyl (C=O) groups is 1. The number of nitrogens with one attached hydrogen (secondary N) is 2. The van der Waals surface area contributed by atoms with Gasteiger partial charge in [0.2, 0.25) is 5.91 Å². The molecule has 2 N–H and O–H groups in total. The largest absolute Gasteiger partial charge is 0.352 e. The quantitative estimate of drug-likeness (QED) is 0.645. The van der Waals surface area contributed by atoms with E-state index < -0.39 is 0 Å². The zero-order valence-corrected chi connectivity index (χ0v) is 13.7. The van der Waals surface area contributed by atoms with Gasteiger partial charge in [0, 0.05) is 12.6 Å². The third-order valence-electron chi connectivity index (χ3n) is 3.21. The molecule has 0 saturated carbocycles. The molecule has 0 saturated heterocycles. The Balaban J connectivity index is 2.30. The lowest BCUT2D eigenvalue weighted by Crippen LogP contribution is -2.35. The van der Waals surface area contributed by atoms with Gasteiger partial charge in [-0.25, -0.2) is 4.68 Å². The molecule has 1 aromatic heterocycles. The van der Waals surface area contributed by atoms with E-state index in [0.717, 1.165) is 31.5 Å². The molecule has 1 heterocycles. The standard InChI is InChI=1S/C15H29N5O/c1-5-8-16-9-14-10-20(19-18-14)11-15(21)17-13(4)7-6-12(2)3/h10,12-13,16H,5-9,11H2,1-4H3,(H,17,21). The molecule has 1 aromatic rings. The molecule has 1 rings (SSSR count). The molecule has 0 fully saturated rings. The van der Waals surface area contributed by atoms with Gasteiger partial charge < -0.3 is 10.6 Å². The Morgan fingerprint density at radius 3 is 2.76 bits per heavy atom. The van der Waals surface area contributed by atoms with E-state index in [0.29, 0.717) is 12.5 Å². The first-order chi connectivity index (χ1) is 10.0. The monoisotopic (exact) mass is 295 g/mol. The van der Waals surface area contributed by atoms with Crippen LogP contribution in [0.4, 0.5) is 0 Å². The third kappa shape index (κ3) is 7.80. The summed E-state index contributed by atoms with van der Waals surface area (Å²) in [4.78, 5) is 11.9. The van der Waals surface area contributed by atoms with Crippen molar-refractivity contribution in [1.29, 1.82) is 0 Å². The highest BCUT2D eigenvalue weighted by atomic mass is 16.2. The second-order valence-corrected chi connectivity index (χ2v) is 6.02. The van der Waals surface area contributed by atoms with Crippen LogP contribution in [0.1, 0.15) is 52.7 Å². The van der Waals surface area contributed by atoms with Crippen molar-refractivity contribution in [1.82, 2.24) is 25.6 Å². The van der Waals surface area contributed by atoms with Crippen LogP contribution in [0.3, 0.4) is 0 Å². The fourth-order valence-electron chi connectivity index (χ4n) is 2.01. The number of nitrogens with zero attached hydrogens (tertiary/aromatic N) is 3. The Bertz CT molecular complexity index is 416. The number of amides is 1. The highest BCUT2D eigenvalue weighted by Gasteiger charge is 2.10. The molecule has 1 unspecified atom stereocenters. The average Bonchev–Trinajstić information content (AvgIpc) is 2.84. The molecular weight excluding hydrogens is 266 g/mol. The predicted molar refractivity (Wildman–Crippen MR) is 83.7 cm³/mol. The molecule has 0 spiro atoms. The van der Waals surface area contributed by atoms with Gasteiger partial charge in [-0.05, 0) is 38.6 Å². The van der Waals surface area contributed by atoms with Crippen LogP contribution < -0.4 is 10.6 Å². The van der Waals surface area contributed by atoms with Crippen LogP contribution in [0.15, 0.2) is 6.20 Å². The minimum Gasteiger partial charge on any atom is -0.352 e. The Morgan fingerprint density at radius 1 is 1.33 bits per heavy atom. The van der Waals surface area contributed by atoms with Crippen LogP contribution in [-0.4, -0.2) is 33.5 Å². The van der Waals surface area contributed by atoms with Gasteiger partial charge in [0.05, 0.1) is 11.9 Å². The van der Waals surface area contributed by atoms with E-state index in [-0.39, 0.29) is 18.5 Å². The molecular formula is C15H29N5O. The maximum atomic E-state index is 11.9. The molecule has 0 aliphatic rings. The molecule has 21 heavy (non-hydrogen) atoms. The zero-order chi connectivity index (χ0) is 15.7. The van der Waals surface area contributed by atoms with Crippen LogP contribution in [0, 0.1) is 5.92 Å². The van der Waals surface area contributed by atoms with Gasteiger partial charge in [-0.2, -0.15) is 0 Å². The molecule has 6 nitrogen and oxygen atoms in total. The fourth-order valence-corrected chi connectivity index (χ4v) is 2.01. The molecule has 0 radical (unpaired) electrons. The van der Waals surface area contributed by atoms with E-state index in [9.17, 15) is 4.79 Å². The summed E-state index contributed by atoms with van der Waals surface area (Å²) in [5, 5.41) is 14.3. The summed E-state index contributed by atoms with van der Waals surface area (Å²) < 4.78 is 1.59. The highest BCUT2D eigenvalue weighted by molar-refractivity contribution is 5.75. The van der Waals surface area contributed by atoms with Crippen molar-refractivity contribution in [2.75, 3.05) is 6.54 Å². The SMILES string of the molecule is CCCNCc1cn(CC(=O)NC(C)CCC(C)C)nn1. The van der Waals surface area contributed by atoms with Crippen molar-refractivity contribution in [3.8, 4) is 0 Å². The summed E-state index contributed by atoms with van der Waals surface area (Å²) >= 11 is 0. The van der Waals surface area contributed by atoms with E-state index in [1.807, 2.05) is 13.1 Å². The molecule has 120 valence electrons. The van der Waals surface area contributed by atoms with Gasteiger partial charge in [-0.3, -0.25) is 4.79 Å². The van der Waals surface area contributed by atoms with E-state index in [2.05, 4.69) is 41.7 Å². The van der Waals surface area contributed by atoms with Crippen LogP contribution >= 0.6 is 0 Å². The summed E-state index contributed by atoms with van der Waals surface area (Å²) in [6, 6.07) is 0.203. The maximum Gasteiger partial charge on any atom is 0.242 e. The van der Waals surface area contributed by atoms with E-state index in [1.165, 1.54) is 0 Å². The van der Waals surface area contributed by atoms with Crippen molar-refractivity contribution in [2.45, 2.75) is 66.1 Å². The van der Waals surface area contributed by atoms with Crippen molar-refractivity contribution in [2.24, 2.45) is 5.92 Å². The van der Waals surface area contributed by atoms with Gasteiger partial charge in [-0.1, -0.05) is 26.0 Å². The average molecular weight is 295 g/mol. The highest BCUT2D eigenvalue weighted by Crippen LogP contribution is 2.06. The van der Waals surface area contributed by atoms with Gasteiger partial charge >= 0.3 is 0 Å². The lowest BCUT2D eigenvalue weighted by atomic mass is 10.0. The summed E-state index contributed by atoms with van der Waals surface area (Å²) in [5.41, 5.74) is 0.865. The first kappa shape index (κ1) is 17.6. The van der Waals surface area contributed by atoms with Gasteiger partial charge in [0.25, 0.3) is 0 Å². The van der Waals surface area contributed by atoms with E-state index in [1.54, 1.807) is 4.68 Å². The topological polar surface area (TPSA) is 71.8 Å². The van der Waals surface area contributed by atoms with Crippen LogP contribution in [0.2, 0.25) is 0 Å². The second-order valence-electron chi connectivity index (χ2n) is 6.02. The van der Waals surface area contributed by atoms with Crippen LogP contribution in [0.5, 0.6) is 0 Å². The van der Waals surface area contributed by atoms with E-state index in [4.69, 9.17) is 0 Å². The smallest absolute Gasteiger partial charge is 0.242 e. The second kappa shape index (κ2) is 9.50. The minimum absolute atomic E-state index is 0.00998. The molecule has 0 aromatic carbocycles. The van der Waals surface area contributed by atoms with Crippen molar-refractivity contribution >= 4 is 5.91 Å². The first-order valence-corrected chi connectivity index (χ1v) is 7.90. The number of carbonyl (C=O) groups excluding carboxylic acids is 1. The Hall–Kier alpha value is -1.43.